The Morgan fingerprint density at radius 2 is 1.90 bits per heavy atom. The predicted molar refractivity (Wildman–Crippen MR) is 114 cm³/mol. The van der Waals surface area contributed by atoms with Crippen LogP contribution in [0.15, 0.2) is 46.0 Å². The number of carbonyl (C=O) groups is 1. The molecule has 3 heterocycles. The summed E-state index contributed by atoms with van der Waals surface area (Å²) in [6.07, 6.45) is 1.40. The lowest BCUT2D eigenvalue weighted by molar-refractivity contribution is -0.125. The molecule has 0 atom stereocenters. The summed E-state index contributed by atoms with van der Waals surface area (Å²) in [5.41, 5.74) is -0.0714. The number of H-pyrrole nitrogens is 1. The van der Waals surface area contributed by atoms with Crippen molar-refractivity contribution in [3.8, 4) is 0 Å². The number of anilines is 1. The third-order valence-electron chi connectivity index (χ3n) is 5.32. The molecule has 0 unspecified atom stereocenters. The number of amides is 1. The molecule has 0 radical (unpaired) electrons. The predicted octanol–water partition coefficient (Wildman–Crippen LogP) is 1.17. The molecule has 30 heavy (non-hydrogen) atoms. The number of fused-ring (bicyclic) bond motifs is 1. The molecule has 1 fully saturated rings. The first kappa shape index (κ1) is 20.1. The number of benzene rings is 1. The summed E-state index contributed by atoms with van der Waals surface area (Å²) in [6, 6.07) is 10.6. The Morgan fingerprint density at radius 1 is 1.13 bits per heavy atom. The molecule has 1 aromatic carbocycles. The summed E-state index contributed by atoms with van der Waals surface area (Å²) < 4.78 is 1.40. The van der Waals surface area contributed by atoms with Gasteiger partial charge in [-0.05, 0) is 37.1 Å². The van der Waals surface area contributed by atoms with E-state index in [0.29, 0.717) is 42.1 Å². The van der Waals surface area contributed by atoms with Crippen molar-refractivity contribution in [1.82, 2.24) is 25.1 Å². The largest absolute Gasteiger partial charge is 0.355 e. The maximum Gasteiger partial charge on any atom is 0.316 e. The number of halogens is 1. The van der Waals surface area contributed by atoms with Gasteiger partial charge in [-0.15, -0.1) is 10.2 Å². The monoisotopic (exact) mass is 428 g/mol. The van der Waals surface area contributed by atoms with Crippen molar-refractivity contribution in [1.29, 1.82) is 0 Å². The molecule has 1 saturated heterocycles. The first-order valence-corrected chi connectivity index (χ1v) is 10.1. The van der Waals surface area contributed by atoms with E-state index in [9.17, 15) is 14.4 Å². The van der Waals surface area contributed by atoms with Crippen LogP contribution in [0.5, 0.6) is 0 Å². The molecule has 0 bridgehead atoms. The second-order valence-electron chi connectivity index (χ2n) is 7.19. The minimum Gasteiger partial charge on any atom is -0.355 e. The normalized spacial score (nSPS) is 14.8. The lowest BCUT2D eigenvalue weighted by Gasteiger charge is -2.31. The van der Waals surface area contributed by atoms with Crippen LogP contribution in [0.25, 0.3) is 11.0 Å². The third-order valence-corrected chi connectivity index (χ3v) is 5.53. The molecule has 1 aliphatic rings. The Hall–Kier alpha value is -3.20. The van der Waals surface area contributed by atoms with Crippen LogP contribution in [0.2, 0.25) is 5.15 Å². The Balaban J connectivity index is 1.34. The van der Waals surface area contributed by atoms with Crippen LogP contribution in [0, 0.1) is 5.92 Å². The van der Waals surface area contributed by atoms with Gasteiger partial charge in [-0.3, -0.25) is 14.4 Å². The molecular formula is C20H21ClN6O3. The van der Waals surface area contributed by atoms with E-state index in [1.165, 1.54) is 4.57 Å². The number of piperidine rings is 1. The van der Waals surface area contributed by atoms with Crippen LogP contribution in [-0.2, 0) is 11.3 Å². The quantitative estimate of drug-likeness (QED) is 0.590. The van der Waals surface area contributed by atoms with Crippen molar-refractivity contribution in [2.75, 3.05) is 24.5 Å². The Kier molecular flexibility index (Phi) is 5.80. The molecule has 1 aliphatic heterocycles. The van der Waals surface area contributed by atoms with Crippen molar-refractivity contribution in [2.24, 2.45) is 5.92 Å². The molecule has 10 heteroatoms. The summed E-state index contributed by atoms with van der Waals surface area (Å²) in [4.78, 5) is 41.3. The molecule has 9 nitrogen and oxygen atoms in total. The van der Waals surface area contributed by atoms with Gasteiger partial charge in [-0.1, -0.05) is 23.7 Å². The summed E-state index contributed by atoms with van der Waals surface area (Å²) in [5, 5.41) is 11.2. The van der Waals surface area contributed by atoms with E-state index >= 15 is 0 Å². The molecule has 3 aromatic rings. The lowest BCUT2D eigenvalue weighted by atomic mass is 9.96. The van der Waals surface area contributed by atoms with Crippen molar-refractivity contribution >= 4 is 34.4 Å². The standard InChI is InChI=1S/C20H21ClN6O3/c21-16-5-6-17(25-24-16)26-10-7-13(8-11-26)18(28)22-9-12-27-15-4-2-1-3-14(15)23-19(29)20(27)30/h1-6,13H,7-12H2,(H,22,28)(H,23,29). The zero-order valence-electron chi connectivity index (χ0n) is 16.2. The molecule has 2 N–H and O–H groups in total. The Morgan fingerprint density at radius 3 is 2.63 bits per heavy atom. The van der Waals surface area contributed by atoms with Gasteiger partial charge in [0, 0.05) is 32.1 Å². The first-order valence-electron chi connectivity index (χ1n) is 9.76. The number of carbonyl (C=O) groups excluding carboxylic acids is 1. The third kappa shape index (κ3) is 4.20. The fourth-order valence-electron chi connectivity index (χ4n) is 3.73. The van der Waals surface area contributed by atoms with Crippen LogP contribution < -0.4 is 21.3 Å². The number of hydrogen-bond acceptors (Lipinski definition) is 6. The van der Waals surface area contributed by atoms with Gasteiger partial charge in [0.15, 0.2) is 11.0 Å². The molecule has 4 rings (SSSR count). The zero-order valence-corrected chi connectivity index (χ0v) is 16.9. The maximum absolute atomic E-state index is 12.6. The van der Waals surface area contributed by atoms with E-state index < -0.39 is 11.1 Å². The molecule has 0 saturated carbocycles. The lowest BCUT2D eigenvalue weighted by Crippen LogP contribution is -2.43. The molecule has 0 spiro atoms. The van der Waals surface area contributed by atoms with Gasteiger partial charge in [0.1, 0.15) is 0 Å². The number of para-hydroxylation sites is 2. The second-order valence-corrected chi connectivity index (χ2v) is 7.58. The van der Waals surface area contributed by atoms with E-state index in [-0.39, 0.29) is 24.9 Å². The van der Waals surface area contributed by atoms with E-state index in [1.807, 2.05) is 6.07 Å². The highest BCUT2D eigenvalue weighted by Crippen LogP contribution is 2.22. The summed E-state index contributed by atoms with van der Waals surface area (Å²) in [7, 11) is 0. The van der Waals surface area contributed by atoms with Gasteiger partial charge in [0.05, 0.1) is 11.0 Å². The number of aromatic amines is 1. The average Bonchev–Trinajstić information content (AvgIpc) is 2.77. The van der Waals surface area contributed by atoms with Crippen LogP contribution in [0.3, 0.4) is 0 Å². The molecule has 156 valence electrons. The minimum atomic E-state index is -0.669. The topological polar surface area (TPSA) is 113 Å². The maximum atomic E-state index is 12.6. The van der Waals surface area contributed by atoms with E-state index in [4.69, 9.17) is 11.6 Å². The fourth-order valence-corrected chi connectivity index (χ4v) is 3.83. The van der Waals surface area contributed by atoms with Crippen LogP contribution in [-0.4, -0.2) is 45.3 Å². The highest BCUT2D eigenvalue weighted by molar-refractivity contribution is 6.29. The van der Waals surface area contributed by atoms with Gasteiger partial charge in [-0.25, -0.2) is 0 Å². The molecule has 2 aromatic heterocycles. The number of hydrogen-bond donors (Lipinski definition) is 2. The minimum absolute atomic E-state index is 0.0426. The van der Waals surface area contributed by atoms with Crippen molar-refractivity contribution in [3.63, 3.8) is 0 Å². The Labute approximate surface area is 176 Å². The smallest absolute Gasteiger partial charge is 0.316 e. The zero-order chi connectivity index (χ0) is 21.1. The van der Waals surface area contributed by atoms with Crippen molar-refractivity contribution in [2.45, 2.75) is 19.4 Å². The van der Waals surface area contributed by atoms with Gasteiger partial charge in [-0.2, -0.15) is 0 Å². The van der Waals surface area contributed by atoms with Gasteiger partial charge in [0.25, 0.3) is 0 Å². The second kappa shape index (κ2) is 8.66. The van der Waals surface area contributed by atoms with E-state index in [1.54, 1.807) is 30.3 Å². The number of rotatable bonds is 5. The summed E-state index contributed by atoms with van der Waals surface area (Å²) in [6.45, 7) is 1.91. The van der Waals surface area contributed by atoms with Crippen molar-refractivity contribution in [3.05, 3.63) is 62.3 Å². The van der Waals surface area contributed by atoms with E-state index in [2.05, 4.69) is 25.4 Å². The highest BCUT2D eigenvalue weighted by Gasteiger charge is 2.25. The van der Waals surface area contributed by atoms with Gasteiger partial charge >= 0.3 is 11.1 Å². The summed E-state index contributed by atoms with van der Waals surface area (Å²) >= 11 is 5.77. The summed E-state index contributed by atoms with van der Waals surface area (Å²) in [5.74, 6) is 0.604. The molecule has 1 amide bonds. The number of aromatic nitrogens is 4. The fraction of sp³-hybridized carbons (Fsp3) is 0.350. The number of nitrogens with zero attached hydrogens (tertiary/aromatic N) is 4. The molecular weight excluding hydrogens is 408 g/mol. The van der Waals surface area contributed by atoms with Crippen LogP contribution >= 0.6 is 11.6 Å². The van der Waals surface area contributed by atoms with Gasteiger partial charge < -0.3 is 19.8 Å². The first-order chi connectivity index (χ1) is 14.5. The SMILES string of the molecule is O=C(NCCn1c(=O)c(=O)[nH]c2ccccc21)C1CCN(c2ccc(Cl)nn2)CC1. The van der Waals surface area contributed by atoms with E-state index in [0.717, 1.165) is 5.82 Å². The highest BCUT2D eigenvalue weighted by atomic mass is 35.5. The Bertz CT molecular complexity index is 1170. The van der Waals surface area contributed by atoms with Crippen molar-refractivity contribution < 1.29 is 4.79 Å². The average molecular weight is 429 g/mol. The van der Waals surface area contributed by atoms with Crippen LogP contribution in [0.4, 0.5) is 5.82 Å². The van der Waals surface area contributed by atoms with Gasteiger partial charge in [0.2, 0.25) is 5.91 Å². The number of nitrogens with one attached hydrogen (secondary N) is 2. The van der Waals surface area contributed by atoms with Crippen LogP contribution in [0.1, 0.15) is 12.8 Å². The molecule has 0 aliphatic carbocycles.